The van der Waals surface area contributed by atoms with Crippen molar-refractivity contribution in [2.75, 3.05) is 5.73 Å². The number of anilines is 1. The van der Waals surface area contributed by atoms with Crippen LogP contribution in [0.5, 0.6) is 0 Å². The molecule has 4 aromatic rings. The SMILES string of the molecule is Cc1cnc(N)nc1-c1ccn2c(-c3cccc(CC(=O)CCC(F)(F)F)c3)cnc2c1. The van der Waals surface area contributed by atoms with Gasteiger partial charge in [0.1, 0.15) is 11.4 Å². The van der Waals surface area contributed by atoms with Crippen LogP contribution in [-0.4, -0.2) is 31.3 Å². The summed E-state index contributed by atoms with van der Waals surface area (Å²) in [4.78, 5) is 24.7. The molecule has 0 saturated carbocycles. The monoisotopic (exact) mass is 439 g/mol. The summed E-state index contributed by atoms with van der Waals surface area (Å²) in [7, 11) is 0. The number of hydrogen-bond acceptors (Lipinski definition) is 5. The minimum atomic E-state index is -4.33. The average molecular weight is 439 g/mol. The van der Waals surface area contributed by atoms with E-state index in [0.29, 0.717) is 11.2 Å². The van der Waals surface area contributed by atoms with Crippen molar-refractivity contribution in [3.8, 4) is 22.5 Å². The van der Waals surface area contributed by atoms with Gasteiger partial charge in [-0.2, -0.15) is 13.2 Å². The van der Waals surface area contributed by atoms with Gasteiger partial charge in [-0.3, -0.25) is 9.20 Å². The van der Waals surface area contributed by atoms with Crippen molar-refractivity contribution in [2.24, 2.45) is 0 Å². The number of aromatic nitrogens is 4. The first kappa shape index (κ1) is 21.5. The van der Waals surface area contributed by atoms with Gasteiger partial charge in [0.25, 0.3) is 0 Å². The number of imidazole rings is 1. The molecule has 0 amide bonds. The van der Waals surface area contributed by atoms with E-state index in [4.69, 9.17) is 5.73 Å². The van der Waals surface area contributed by atoms with Crippen LogP contribution in [0.15, 0.2) is 55.0 Å². The van der Waals surface area contributed by atoms with Gasteiger partial charge in [-0.05, 0) is 36.2 Å². The molecule has 0 fully saturated rings. The molecule has 164 valence electrons. The summed E-state index contributed by atoms with van der Waals surface area (Å²) in [5, 5.41) is 0. The zero-order valence-corrected chi connectivity index (χ0v) is 17.2. The van der Waals surface area contributed by atoms with E-state index in [1.54, 1.807) is 30.6 Å². The fourth-order valence-electron chi connectivity index (χ4n) is 3.53. The van der Waals surface area contributed by atoms with Gasteiger partial charge in [-0.15, -0.1) is 0 Å². The Balaban J connectivity index is 1.60. The Bertz CT molecular complexity index is 1300. The lowest BCUT2D eigenvalue weighted by molar-refractivity contribution is -0.143. The highest BCUT2D eigenvalue weighted by Gasteiger charge is 2.27. The van der Waals surface area contributed by atoms with E-state index in [-0.39, 0.29) is 12.4 Å². The van der Waals surface area contributed by atoms with Crippen molar-refractivity contribution in [1.29, 1.82) is 0 Å². The number of alkyl halides is 3. The summed E-state index contributed by atoms with van der Waals surface area (Å²) >= 11 is 0. The molecule has 0 aliphatic carbocycles. The Kier molecular flexibility index (Phi) is 5.65. The first-order chi connectivity index (χ1) is 15.2. The highest BCUT2D eigenvalue weighted by molar-refractivity contribution is 5.81. The Morgan fingerprint density at radius 1 is 1.09 bits per heavy atom. The number of pyridine rings is 1. The van der Waals surface area contributed by atoms with E-state index >= 15 is 0 Å². The number of fused-ring (bicyclic) bond motifs is 1. The van der Waals surface area contributed by atoms with Gasteiger partial charge < -0.3 is 5.73 Å². The van der Waals surface area contributed by atoms with Gasteiger partial charge in [0.15, 0.2) is 0 Å². The second kappa shape index (κ2) is 8.41. The smallest absolute Gasteiger partial charge is 0.368 e. The van der Waals surface area contributed by atoms with Gasteiger partial charge in [0, 0.05) is 36.4 Å². The van der Waals surface area contributed by atoms with Crippen molar-refractivity contribution >= 4 is 17.4 Å². The van der Waals surface area contributed by atoms with Gasteiger partial charge in [-0.25, -0.2) is 15.0 Å². The molecule has 0 saturated heterocycles. The number of rotatable bonds is 6. The molecule has 0 unspecified atom stereocenters. The summed E-state index contributed by atoms with van der Waals surface area (Å²) in [6, 6.07) is 11.0. The molecule has 0 atom stereocenters. The first-order valence-electron chi connectivity index (χ1n) is 9.94. The Hall–Kier alpha value is -3.75. The molecule has 3 heterocycles. The molecule has 6 nitrogen and oxygen atoms in total. The summed E-state index contributed by atoms with van der Waals surface area (Å²) in [6.45, 7) is 1.90. The molecule has 4 rings (SSSR count). The van der Waals surface area contributed by atoms with E-state index in [2.05, 4.69) is 15.0 Å². The third-order valence-electron chi connectivity index (χ3n) is 5.09. The normalized spacial score (nSPS) is 11.8. The van der Waals surface area contributed by atoms with Crippen LogP contribution in [0.1, 0.15) is 24.0 Å². The number of benzene rings is 1. The van der Waals surface area contributed by atoms with Crippen molar-refractivity contribution in [3.63, 3.8) is 0 Å². The number of Topliss-reactive ketones (excluding diaryl/α,β-unsaturated/α-hetero) is 1. The minimum Gasteiger partial charge on any atom is -0.368 e. The van der Waals surface area contributed by atoms with Crippen molar-refractivity contribution in [1.82, 2.24) is 19.4 Å². The highest BCUT2D eigenvalue weighted by Crippen LogP contribution is 2.27. The van der Waals surface area contributed by atoms with Gasteiger partial charge in [0.2, 0.25) is 5.95 Å². The number of carbonyl (C=O) groups is 1. The lowest BCUT2D eigenvalue weighted by atomic mass is 10.0. The third-order valence-corrected chi connectivity index (χ3v) is 5.09. The standard InChI is InChI=1S/C23H20F3N5O/c1-14-12-29-22(27)30-21(14)17-6-8-31-19(13-28-20(31)11-17)16-4-2-3-15(9-16)10-18(32)5-7-23(24,25)26/h2-4,6,8-9,11-13H,5,7,10H2,1H3,(H2,27,29,30). The molecule has 3 aromatic heterocycles. The minimum absolute atomic E-state index is 0.0424. The predicted molar refractivity (Wildman–Crippen MR) is 115 cm³/mol. The van der Waals surface area contributed by atoms with Crippen LogP contribution in [0, 0.1) is 6.92 Å². The second-order valence-corrected chi connectivity index (χ2v) is 7.58. The van der Waals surface area contributed by atoms with E-state index in [9.17, 15) is 18.0 Å². The number of carbonyl (C=O) groups excluding carboxylic acids is 1. The third kappa shape index (κ3) is 4.77. The molecule has 0 radical (unpaired) electrons. The topological polar surface area (TPSA) is 86.2 Å². The zero-order chi connectivity index (χ0) is 22.9. The van der Waals surface area contributed by atoms with E-state index in [0.717, 1.165) is 28.1 Å². The van der Waals surface area contributed by atoms with Crippen molar-refractivity contribution in [3.05, 3.63) is 66.1 Å². The summed E-state index contributed by atoms with van der Waals surface area (Å²) in [5.74, 6) is -0.252. The predicted octanol–water partition coefficient (Wildman–Crippen LogP) is 4.80. The van der Waals surface area contributed by atoms with Crippen molar-refractivity contribution < 1.29 is 18.0 Å². The number of ketones is 1. The van der Waals surface area contributed by atoms with Crippen LogP contribution >= 0.6 is 0 Å². The number of aryl methyl sites for hydroxylation is 1. The molecule has 0 aliphatic rings. The van der Waals surface area contributed by atoms with Crippen LogP contribution in [0.3, 0.4) is 0 Å². The molecular formula is C23H20F3N5O. The number of hydrogen-bond donors (Lipinski definition) is 1. The maximum absolute atomic E-state index is 12.4. The van der Waals surface area contributed by atoms with Crippen LogP contribution in [0.2, 0.25) is 0 Å². The second-order valence-electron chi connectivity index (χ2n) is 7.58. The van der Waals surface area contributed by atoms with Crippen LogP contribution in [0.25, 0.3) is 28.2 Å². The molecular weight excluding hydrogens is 419 g/mol. The zero-order valence-electron chi connectivity index (χ0n) is 17.2. The van der Waals surface area contributed by atoms with Crippen LogP contribution < -0.4 is 5.73 Å². The Labute approximate surface area is 182 Å². The fraction of sp³-hybridized carbons (Fsp3) is 0.217. The van der Waals surface area contributed by atoms with Gasteiger partial charge >= 0.3 is 6.18 Å². The number of nitrogen functional groups attached to an aromatic ring is 1. The fourth-order valence-corrected chi connectivity index (χ4v) is 3.53. The highest BCUT2D eigenvalue weighted by atomic mass is 19.4. The number of nitrogens with two attached hydrogens (primary N) is 1. The maximum Gasteiger partial charge on any atom is 0.389 e. The molecule has 0 aliphatic heterocycles. The van der Waals surface area contributed by atoms with E-state index in [1.807, 2.05) is 35.7 Å². The molecule has 1 aromatic carbocycles. The first-order valence-corrected chi connectivity index (χ1v) is 9.94. The molecule has 0 spiro atoms. The molecule has 32 heavy (non-hydrogen) atoms. The Morgan fingerprint density at radius 2 is 1.91 bits per heavy atom. The number of halogens is 3. The molecule has 0 bridgehead atoms. The quantitative estimate of drug-likeness (QED) is 0.466. The average Bonchev–Trinajstić information content (AvgIpc) is 3.17. The molecule has 9 heteroatoms. The van der Waals surface area contributed by atoms with Crippen molar-refractivity contribution in [2.45, 2.75) is 32.4 Å². The van der Waals surface area contributed by atoms with Crippen LogP contribution in [0.4, 0.5) is 19.1 Å². The van der Waals surface area contributed by atoms with Crippen LogP contribution in [-0.2, 0) is 11.2 Å². The number of nitrogens with zero attached hydrogens (tertiary/aromatic N) is 4. The van der Waals surface area contributed by atoms with E-state index in [1.165, 1.54) is 0 Å². The Morgan fingerprint density at radius 3 is 2.69 bits per heavy atom. The van der Waals surface area contributed by atoms with E-state index < -0.39 is 24.8 Å². The summed E-state index contributed by atoms with van der Waals surface area (Å²) in [6.07, 6.45) is -0.739. The van der Waals surface area contributed by atoms with Gasteiger partial charge in [-0.1, -0.05) is 18.2 Å². The summed E-state index contributed by atoms with van der Waals surface area (Å²) < 4.78 is 39.0. The largest absolute Gasteiger partial charge is 0.389 e. The maximum atomic E-state index is 12.4. The summed E-state index contributed by atoms with van der Waals surface area (Å²) in [5.41, 5.74) is 11.2. The molecule has 2 N–H and O–H groups in total. The lowest BCUT2D eigenvalue weighted by Crippen LogP contribution is -2.12. The van der Waals surface area contributed by atoms with Gasteiger partial charge in [0.05, 0.1) is 24.0 Å². The lowest BCUT2D eigenvalue weighted by Gasteiger charge is -2.08.